The number of likely N-dealkylation sites (N-methyl/N-ethyl adjacent to an activating group) is 1. The number of nitrogens with one attached hydrogen (secondary N) is 1. The van der Waals surface area contributed by atoms with Crippen LogP contribution >= 0.6 is 0 Å². The largest absolute Gasteiger partial charge is 0.355 e. The number of rotatable bonds is 11. The molecule has 28 heavy (non-hydrogen) atoms. The van der Waals surface area contributed by atoms with Gasteiger partial charge in [0.05, 0.1) is 0 Å². The van der Waals surface area contributed by atoms with Crippen molar-refractivity contribution in [3.05, 3.63) is 70.8 Å². The molecule has 0 saturated heterocycles. The molecule has 3 heteroatoms. The normalized spacial score (nSPS) is 13.7. The zero-order chi connectivity index (χ0) is 19.8. The van der Waals surface area contributed by atoms with Gasteiger partial charge in [-0.25, -0.2) is 0 Å². The number of carbonyl (C=O) groups is 1. The van der Waals surface area contributed by atoms with E-state index in [2.05, 4.69) is 72.7 Å². The van der Waals surface area contributed by atoms with Crippen LogP contribution in [0.3, 0.4) is 0 Å². The minimum Gasteiger partial charge on any atom is -0.355 e. The highest BCUT2D eigenvalue weighted by atomic mass is 16.1. The van der Waals surface area contributed by atoms with Gasteiger partial charge >= 0.3 is 0 Å². The first-order valence-electron chi connectivity index (χ1n) is 10.7. The minimum absolute atomic E-state index is 0.177. The predicted molar refractivity (Wildman–Crippen MR) is 117 cm³/mol. The highest BCUT2D eigenvalue weighted by Gasteiger charge is 2.22. The van der Waals surface area contributed by atoms with E-state index in [9.17, 15) is 4.79 Å². The molecule has 2 aromatic rings. The van der Waals surface area contributed by atoms with Crippen molar-refractivity contribution in [3.8, 4) is 0 Å². The van der Waals surface area contributed by atoms with Gasteiger partial charge in [-0.3, -0.25) is 4.79 Å². The van der Waals surface area contributed by atoms with Gasteiger partial charge in [0.2, 0.25) is 5.91 Å². The Labute approximate surface area is 170 Å². The second-order valence-electron chi connectivity index (χ2n) is 8.33. The molecule has 1 aliphatic rings. The maximum absolute atomic E-state index is 12.0. The highest BCUT2D eigenvalue weighted by molar-refractivity contribution is 5.75. The minimum atomic E-state index is 0.177. The van der Waals surface area contributed by atoms with Gasteiger partial charge in [-0.2, -0.15) is 0 Å². The fraction of sp³-hybridized carbons (Fsp3) is 0.480. The van der Waals surface area contributed by atoms with Gasteiger partial charge < -0.3 is 10.2 Å². The summed E-state index contributed by atoms with van der Waals surface area (Å²) in [6, 6.07) is 17.4. The Morgan fingerprint density at radius 3 is 2.50 bits per heavy atom. The predicted octanol–water partition coefficient (Wildman–Crippen LogP) is 4.37. The third-order valence-electron chi connectivity index (χ3n) is 5.63. The molecule has 3 nitrogen and oxygen atoms in total. The number of carbonyl (C=O) groups excluding carboxylic acids is 1. The van der Waals surface area contributed by atoms with E-state index in [1.54, 1.807) is 0 Å². The third kappa shape index (κ3) is 7.12. The molecule has 0 aromatic heterocycles. The van der Waals surface area contributed by atoms with E-state index < -0.39 is 0 Å². The Bertz CT molecular complexity index is 749. The number of amides is 1. The van der Waals surface area contributed by atoms with Gasteiger partial charge in [0.25, 0.3) is 0 Å². The lowest BCUT2D eigenvalue weighted by molar-refractivity contribution is -0.121. The van der Waals surface area contributed by atoms with Crippen LogP contribution in [-0.4, -0.2) is 37.5 Å². The van der Waals surface area contributed by atoms with Crippen molar-refractivity contribution in [1.82, 2.24) is 10.2 Å². The maximum atomic E-state index is 12.0. The summed E-state index contributed by atoms with van der Waals surface area (Å²) in [4.78, 5) is 14.3. The van der Waals surface area contributed by atoms with Crippen LogP contribution < -0.4 is 5.32 Å². The van der Waals surface area contributed by atoms with E-state index in [4.69, 9.17) is 0 Å². The Hall–Kier alpha value is -2.13. The van der Waals surface area contributed by atoms with Crippen molar-refractivity contribution in [1.29, 1.82) is 0 Å². The van der Waals surface area contributed by atoms with E-state index in [0.29, 0.717) is 6.42 Å². The summed E-state index contributed by atoms with van der Waals surface area (Å²) >= 11 is 0. The summed E-state index contributed by atoms with van der Waals surface area (Å²) in [6.45, 7) is 5.05. The average Bonchev–Trinajstić information content (AvgIpc) is 3.49. The first-order valence-corrected chi connectivity index (χ1v) is 10.7. The fourth-order valence-electron chi connectivity index (χ4n) is 3.61. The Balaban J connectivity index is 1.32. The molecule has 0 bridgehead atoms. The molecule has 1 saturated carbocycles. The van der Waals surface area contributed by atoms with Crippen molar-refractivity contribution >= 4 is 5.91 Å². The van der Waals surface area contributed by atoms with Crippen LogP contribution in [0.5, 0.6) is 0 Å². The molecule has 3 rings (SSSR count). The molecule has 2 aromatic carbocycles. The van der Waals surface area contributed by atoms with Crippen LogP contribution in [0.25, 0.3) is 0 Å². The molecule has 0 radical (unpaired) electrons. The molecule has 0 atom stereocenters. The number of hydrogen-bond acceptors (Lipinski definition) is 2. The van der Waals surface area contributed by atoms with Crippen LogP contribution in [0, 0.1) is 12.8 Å². The Morgan fingerprint density at radius 2 is 1.79 bits per heavy atom. The van der Waals surface area contributed by atoms with Gasteiger partial charge in [0.1, 0.15) is 0 Å². The van der Waals surface area contributed by atoms with E-state index >= 15 is 0 Å². The number of aryl methyl sites for hydroxylation is 2. The van der Waals surface area contributed by atoms with Crippen LogP contribution in [0.2, 0.25) is 0 Å². The first-order chi connectivity index (χ1) is 13.6. The van der Waals surface area contributed by atoms with Crippen LogP contribution in [0.4, 0.5) is 0 Å². The number of nitrogens with zero attached hydrogens (tertiary/aromatic N) is 1. The van der Waals surface area contributed by atoms with E-state index in [0.717, 1.165) is 38.3 Å². The molecule has 0 unspecified atom stereocenters. The number of hydrogen-bond donors (Lipinski definition) is 1. The van der Waals surface area contributed by atoms with E-state index in [1.165, 1.54) is 41.6 Å². The van der Waals surface area contributed by atoms with Gasteiger partial charge in [0.15, 0.2) is 0 Å². The molecule has 0 aliphatic heterocycles. The summed E-state index contributed by atoms with van der Waals surface area (Å²) in [7, 11) is 2.15. The first kappa shape index (κ1) is 20.6. The monoisotopic (exact) mass is 378 g/mol. The van der Waals surface area contributed by atoms with Gasteiger partial charge in [-0.1, -0.05) is 48.5 Å². The van der Waals surface area contributed by atoms with Crippen molar-refractivity contribution in [2.75, 3.05) is 26.7 Å². The Kier molecular flexibility index (Phi) is 7.67. The van der Waals surface area contributed by atoms with Crippen LogP contribution in [0.1, 0.15) is 47.9 Å². The third-order valence-corrected chi connectivity index (χ3v) is 5.63. The van der Waals surface area contributed by atoms with Crippen molar-refractivity contribution in [2.24, 2.45) is 5.92 Å². The topological polar surface area (TPSA) is 32.3 Å². The standard InChI is InChI=1S/C25H34N2O/c1-20-6-3-4-8-24(20)18-22-12-10-21(11-13-22)7-5-9-25(28)26-16-17-27(2)19-23-14-15-23/h3-4,6,8,10-13,23H,5,7,9,14-19H2,1-2H3,(H,26,28). The SMILES string of the molecule is Cc1ccccc1Cc1ccc(CCCC(=O)NCCN(C)CC2CC2)cc1. The zero-order valence-electron chi connectivity index (χ0n) is 17.4. The quantitative estimate of drug-likeness (QED) is 0.630. The smallest absolute Gasteiger partial charge is 0.220 e. The zero-order valence-corrected chi connectivity index (χ0v) is 17.4. The average molecular weight is 379 g/mol. The highest BCUT2D eigenvalue weighted by Crippen LogP contribution is 2.29. The molecule has 1 N–H and O–H groups in total. The second kappa shape index (κ2) is 10.4. The van der Waals surface area contributed by atoms with Crippen LogP contribution in [-0.2, 0) is 17.6 Å². The van der Waals surface area contributed by atoms with Crippen molar-refractivity contribution in [2.45, 2.75) is 45.4 Å². The Morgan fingerprint density at radius 1 is 1.07 bits per heavy atom. The summed E-state index contributed by atoms with van der Waals surface area (Å²) in [5.74, 6) is 1.08. The van der Waals surface area contributed by atoms with Crippen molar-refractivity contribution < 1.29 is 4.79 Å². The fourth-order valence-corrected chi connectivity index (χ4v) is 3.61. The molecular formula is C25H34N2O. The van der Waals surface area contributed by atoms with Crippen LogP contribution in [0.15, 0.2) is 48.5 Å². The van der Waals surface area contributed by atoms with Gasteiger partial charge in [-0.05, 0) is 74.2 Å². The van der Waals surface area contributed by atoms with Gasteiger partial charge in [-0.15, -0.1) is 0 Å². The number of benzene rings is 2. The van der Waals surface area contributed by atoms with E-state index in [-0.39, 0.29) is 5.91 Å². The van der Waals surface area contributed by atoms with Gasteiger partial charge in [0, 0.05) is 26.1 Å². The molecule has 150 valence electrons. The molecule has 0 heterocycles. The maximum Gasteiger partial charge on any atom is 0.220 e. The molecular weight excluding hydrogens is 344 g/mol. The lowest BCUT2D eigenvalue weighted by atomic mass is 9.99. The second-order valence-corrected chi connectivity index (χ2v) is 8.33. The lowest BCUT2D eigenvalue weighted by Gasteiger charge is -2.16. The molecule has 0 spiro atoms. The van der Waals surface area contributed by atoms with Crippen molar-refractivity contribution in [3.63, 3.8) is 0 Å². The molecule has 1 amide bonds. The molecule has 1 aliphatic carbocycles. The summed E-state index contributed by atoms with van der Waals surface area (Å²) < 4.78 is 0. The summed E-state index contributed by atoms with van der Waals surface area (Å²) in [5.41, 5.74) is 5.38. The summed E-state index contributed by atoms with van der Waals surface area (Å²) in [5, 5.41) is 3.05. The molecule has 1 fully saturated rings. The lowest BCUT2D eigenvalue weighted by Crippen LogP contribution is -2.33. The van der Waals surface area contributed by atoms with E-state index in [1.807, 2.05) is 0 Å². The summed E-state index contributed by atoms with van der Waals surface area (Å²) in [6.07, 6.45) is 6.20.